The molecule has 0 aliphatic heterocycles. The Morgan fingerprint density at radius 1 is 1.03 bits per heavy atom. The molecule has 4 heteroatoms. The second-order valence-corrected chi connectivity index (χ2v) is 8.89. The molecule has 0 saturated heterocycles. The largest absolute Gasteiger partial charge is 0.307 e. The Bertz CT molecular complexity index is 887. The Hall–Kier alpha value is -2.62. The fraction of sp³-hybridized carbons (Fsp3) is 0.467. The first kappa shape index (κ1) is 31.4. The van der Waals surface area contributed by atoms with E-state index in [1.165, 1.54) is 67.9 Å². The van der Waals surface area contributed by atoms with Crippen LogP contribution in [0.25, 0.3) is 0 Å². The number of benzene rings is 2. The predicted octanol–water partition coefficient (Wildman–Crippen LogP) is 8.99. The molecular formula is C30H46F2O2. The van der Waals surface area contributed by atoms with Crippen LogP contribution in [0.5, 0.6) is 0 Å². The summed E-state index contributed by atoms with van der Waals surface area (Å²) in [5, 5.41) is 0. The molecule has 1 fully saturated rings. The SMILES string of the molecule is C/C=C(\Cc1ccc(C)c(C)c1)CC1CCCC1.C=O.CC=O.Cc1cccc(C(C)(F)F)c1.[HH].[HH]. The van der Waals surface area contributed by atoms with Gasteiger partial charge in [-0.2, -0.15) is 0 Å². The van der Waals surface area contributed by atoms with Crippen LogP contribution in [0.15, 0.2) is 54.1 Å². The van der Waals surface area contributed by atoms with Gasteiger partial charge in [0, 0.05) is 15.3 Å². The molecule has 2 aromatic carbocycles. The minimum Gasteiger partial charge on any atom is -0.307 e. The summed E-state index contributed by atoms with van der Waals surface area (Å²) in [4.78, 5) is 16.8. The van der Waals surface area contributed by atoms with E-state index in [2.05, 4.69) is 45.0 Å². The zero-order valence-electron chi connectivity index (χ0n) is 21.8. The molecule has 0 N–H and O–H groups in total. The molecule has 0 bridgehead atoms. The average molecular weight is 477 g/mol. The zero-order valence-corrected chi connectivity index (χ0v) is 21.8. The van der Waals surface area contributed by atoms with Crippen molar-refractivity contribution in [2.45, 2.75) is 86.0 Å². The van der Waals surface area contributed by atoms with Crippen molar-refractivity contribution in [1.29, 1.82) is 0 Å². The highest BCUT2D eigenvalue weighted by atomic mass is 19.3. The van der Waals surface area contributed by atoms with E-state index in [0.717, 1.165) is 31.1 Å². The number of halogens is 2. The van der Waals surface area contributed by atoms with Gasteiger partial charge in [-0.05, 0) is 70.1 Å². The van der Waals surface area contributed by atoms with Gasteiger partial charge in [-0.25, -0.2) is 8.78 Å². The zero-order chi connectivity index (χ0) is 26.1. The van der Waals surface area contributed by atoms with Crippen LogP contribution in [0.1, 0.15) is 83.5 Å². The molecule has 0 spiro atoms. The van der Waals surface area contributed by atoms with Crippen molar-refractivity contribution in [3.8, 4) is 0 Å². The molecule has 1 aliphatic carbocycles. The lowest BCUT2D eigenvalue weighted by molar-refractivity contribution is -0.106. The quantitative estimate of drug-likeness (QED) is 0.319. The molecule has 3 rings (SSSR count). The van der Waals surface area contributed by atoms with E-state index in [1.807, 2.05) is 6.79 Å². The van der Waals surface area contributed by atoms with Crippen LogP contribution in [-0.2, 0) is 21.9 Å². The van der Waals surface area contributed by atoms with Crippen LogP contribution < -0.4 is 0 Å². The van der Waals surface area contributed by atoms with Crippen LogP contribution in [0.3, 0.4) is 0 Å². The smallest absolute Gasteiger partial charge is 0.270 e. The van der Waals surface area contributed by atoms with Gasteiger partial charge < -0.3 is 9.59 Å². The van der Waals surface area contributed by atoms with E-state index in [1.54, 1.807) is 24.6 Å². The fourth-order valence-corrected chi connectivity index (χ4v) is 3.97. The van der Waals surface area contributed by atoms with Gasteiger partial charge in [-0.3, -0.25) is 0 Å². The first-order chi connectivity index (χ1) is 16.1. The van der Waals surface area contributed by atoms with E-state index in [4.69, 9.17) is 9.59 Å². The lowest BCUT2D eigenvalue weighted by Crippen LogP contribution is -2.06. The highest BCUT2D eigenvalue weighted by Crippen LogP contribution is 2.31. The molecule has 0 radical (unpaired) electrons. The summed E-state index contributed by atoms with van der Waals surface area (Å²) in [5.41, 5.74) is 6.87. The highest BCUT2D eigenvalue weighted by molar-refractivity contribution is 5.44. The van der Waals surface area contributed by atoms with E-state index < -0.39 is 5.92 Å². The summed E-state index contributed by atoms with van der Waals surface area (Å²) in [6.07, 6.45) is 11.4. The molecule has 0 atom stereocenters. The molecule has 1 aliphatic rings. The van der Waals surface area contributed by atoms with Gasteiger partial charge in [-0.1, -0.05) is 85.4 Å². The summed E-state index contributed by atoms with van der Waals surface area (Å²) in [5.74, 6) is -1.76. The molecule has 192 valence electrons. The standard InChI is InChI=1S/C18H26.C9H10F2.C2H4O.CH2O.2H2/c1-4-16(12-17-7-5-6-8-17)13-18-10-9-14(2)15(3)11-18;1-7-4-3-5-8(6-7)9(2,10)11;1-2-3;1-2;;/h4,9-11,17H,5-8,12-13H2,1-3H3;3-6H,1-2H3;2H,1H3;1H2;2*1H/b16-4-;;;;;. The molecule has 2 nitrogen and oxygen atoms in total. The van der Waals surface area contributed by atoms with Crippen LogP contribution in [0.2, 0.25) is 0 Å². The molecule has 34 heavy (non-hydrogen) atoms. The maximum Gasteiger partial charge on any atom is 0.270 e. The normalized spacial score (nSPS) is 13.5. The van der Waals surface area contributed by atoms with Crippen molar-refractivity contribution >= 4 is 13.1 Å². The third-order valence-corrected chi connectivity index (χ3v) is 5.96. The van der Waals surface area contributed by atoms with Gasteiger partial charge in [-0.15, -0.1) is 0 Å². The summed E-state index contributed by atoms with van der Waals surface area (Å²) in [6, 6.07) is 13.3. The van der Waals surface area contributed by atoms with Gasteiger partial charge in [0.2, 0.25) is 0 Å². The summed E-state index contributed by atoms with van der Waals surface area (Å²) < 4.78 is 25.3. The van der Waals surface area contributed by atoms with Crippen molar-refractivity contribution in [3.05, 3.63) is 81.9 Å². The Kier molecular flexibility index (Phi) is 15.6. The minimum atomic E-state index is -2.72. The maximum absolute atomic E-state index is 12.6. The molecule has 2 aromatic rings. The number of hydrogen-bond donors (Lipinski definition) is 0. The molecular weight excluding hydrogens is 430 g/mol. The van der Waals surface area contributed by atoms with E-state index >= 15 is 0 Å². The predicted molar refractivity (Wildman–Crippen MR) is 144 cm³/mol. The molecule has 0 unspecified atom stereocenters. The first-order valence-corrected chi connectivity index (χ1v) is 11.9. The molecule has 0 aromatic heterocycles. The van der Waals surface area contributed by atoms with Crippen LogP contribution in [0.4, 0.5) is 8.78 Å². The van der Waals surface area contributed by atoms with Crippen molar-refractivity contribution in [3.63, 3.8) is 0 Å². The van der Waals surface area contributed by atoms with Crippen molar-refractivity contribution in [1.82, 2.24) is 0 Å². The minimum absolute atomic E-state index is 0. The Balaban J connectivity index is -0.000000523. The van der Waals surface area contributed by atoms with E-state index in [9.17, 15) is 8.78 Å². The summed E-state index contributed by atoms with van der Waals surface area (Å²) in [6.45, 7) is 12.8. The Labute approximate surface area is 208 Å². The van der Waals surface area contributed by atoms with Crippen molar-refractivity contribution < 1.29 is 21.2 Å². The molecule has 0 heterocycles. The molecule has 0 amide bonds. The second-order valence-electron chi connectivity index (χ2n) is 8.89. The number of alkyl halides is 2. The maximum atomic E-state index is 12.6. The van der Waals surface area contributed by atoms with Crippen LogP contribution in [-0.4, -0.2) is 13.1 Å². The Morgan fingerprint density at radius 2 is 1.62 bits per heavy atom. The van der Waals surface area contributed by atoms with E-state index in [0.29, 0.717) is 0 Å². The van der Waals surface area contributed by atoms with Gasteiger partial charge in [0.1, 0.15) is 13.1 Å². The third kappa shape index (κ3) is 12.6. The fourth-order valence-electron chi connectivity index (χ4n) is 3.97. The lowest BCUT2D eigenvalue weighted by Gasteiger charge is -2.13. The first-order valence-electron chi connectivity index (χ1n) is 11.9. The van der Waals surface area contributed by atoms with E-state index in [-0.39, 0.29) is 8.42 Å². The number of aryl methyl sites for hydroxylation is 3. The average Bonchev–Trinajstić information content (AvgIpc) is 3.31. The van der Waals surface area contributed by atoms with Gasteiger partial charge in [0.05, 0.1) is 0 Å². The van der Waals surface area contributed by atoms with Crippen LogP contribution in [0, 0.1) is 26.7 Å². The van der Waals surface area contributed by atoms with Gasteiger partial charge in [0.25, 0.3) is 5.92 Å². The van der Waals surface area contributed by atoms with Crippen molar-refractivity contribution in [2.24, 2.45) is 5.92 Å². The Morgan fingerprint density at radius 3 is 2.06 bits per heavy atom. The number of rotatable bonds is 5. The van der Waals surface area contributed by atoms with Crippen molar-refractivity contribution in [2.75, 3.05) is 0 Å². The van der Waals surface area contributed by atoms with Gasteiger partial charge in [0.15, 0.2) is 0 Å². The number of carbonyl (C=O) groups is 2. The topological polar surface area (TPSA) is 34.1 Å². The molecule has 1 saturated carbocycles. The third-order valence-electron chi connectivity index (χ3n) is 5.96. The number of carbonyl (C=O) groups excluding carboxylic acids is 2. The van der Waals surface area contributed by atoms with Crippen LogP contribution >= 0.6 is 0 Å². The summed E-state index contributed by atoms with van der Waals surface area (Å²) in [7, 11) is 0. The number of hydrogen-bond acceptors (Lipinski definition) is 2. The summed E-state index contributed by atoms with van der Waals surface area (Å²) >= 11 is 0. The van der Waals surface area contributed by atoms with Gasteiger partial charge >= 0.3 is 0 Å². The second kappa shape index (κ2) is 16.9. The number of allylic oxidation sites excluding steroid dienone is 2. The monoisotopic (exact) mass is 476 g/mol. The number of aldehydes is 1. The highest BCUT2D eigenvalue weighted by Gasteiger charge is 2.23. The lowest BCUT2D eigenvalue weighted by atomic mass is 9.92.